The third-order valence-corrected chi connectivity index (χ3v) is 1.95. The summed E-state index contributed by atoms with van der Waals surface area (Å²) < 4.78 is 30.8. The molecule has 0 saturated heterocycles. The summed E-state index contributed by atoms with van der Waals surface area (Å²) in [5.74, 6) is -2.18. The van der Waals surface area contributed by atoms with Crippen molar-refractivity contribution in [3.63, 3.8) is 0 Å². The molecule has 0 saturated carbocycles. The van der Waals surface area contributed by atoms with E-state index in [0.717, 1.165) is 6.07 Å². The maximum atomic E-state index is 13.0. The lowest BCUT2D eigenvalue weighted by Gasteiger charge is -2.13. The molecule has 0 aliphatic carbocycles. The van der Waals surface area contributed by atoms with Gasteiger partial charge in [0.2, 0.25) is 5.82 Å². The lowest BCUT2D eigenvalue weighted by Crippen LogP contribution is -2.29. The third kappa shape index (κ3) is 2.38. The molecule has 0 heterocycles. The Balaban J connectivity index is 2.87. The van der Waals surface area contributed by atoms with Gasteiger partial charge in [-0.25, -0.2) is 4.39 Å². The Morgan fingerprint density at radius 1 is 1.50 bits per heavy atom. The van der Waals surface area contributed by atoms with Crippen molar-refractivity contribution in [2.24, 2.45) is 5.73 Å². The number of nitrogens with two attached hydrogens (primary N) is 1. The molecule has 1 aromatic rings. The van der Waals surface area contributed by atoms with Gasteiger partial charge >= 0.3 is 0 Å². The second kappa shape index (κ2) is 4.32. The van der Waals surface area contributed by atoms with Crippen LogP contribution in [0.25, 0.3) is 0 Å². The molecule has 0 bridgehead atoms. The Bertz CT molecular complexity index is 357. The molecule has 1 atom stereocenters. The van der Waals surface area contributed by atoms with Gasteiger partial charge in [0, 0.05) is 0 Å². The first-order valence-corrected chi connectivity index (χ1v) is 4.33. The van der Waals surface area contributed by atoms with Crippen molar-refractivity contribution < 1.29 is 13.5 Å². The van der Waals surface area contributed by atoms with Gasteiger partial charge in [-0.05, 0) is 19.1 Å². The molecule has 0 aromatic heterocycles. The van der Waals surface area contributed by atoms with Gasteiger partial charge in [0.25, 0.3) is 0 Å². The largest absolute Gasteiger partial charge is 0.480 e. The van der Waals surface area contributed by atoms with Crippen molar-refractivity contribution in [1.29, 1.82) is 0 Å². The summed E-state index contributed by atoms with van der Waals surface area (Å²) in [5, 5.41) is 0. The van der Waals surface area contributed by atoms with Crippen LogP contribution in [0.5, 0.6) is 5.75 Å². The maximum absolute atomic E-state index is 13.0. The van der Waals surface area contributed by atoms with Crippen LogP contribution in [0.3, 0.4) is 0 Å². The van der Waals surface area contributed by atoms with Crippen LogP contribution in [0.4, 0.5) is 8.78 Å². The van der Waals surface area contributed by atoms with Crippen LogP contribution in [0, 0.1) is 11.6 Å². The van der Waals surface area contributed by atoms with Crippen LogP contribution in [0.2, 0.25) is 0 Å². The molecule has 0 radical (unpaired) electrons. The predicted molar refractivity (Wildman–Crippen MR) is 53.2 cm³/mol. The number of hydrogen-bond acceptors (Lipinski definition) is 2. The first-order chi connectivity index (χ1) is 6.52. The molecule has 0 fully saturated rings. The van der Waals surface area contributed by atoms with Crippen molar-refractivity contribution in [2.75, 3.05) is 0 Å². The number of ether oxygens (including phenoxy) is 1. The van der Waals surface area contributed by atoms with Crippen molar-refractivity contribution in [3.8, 4) is 5.75 Å². The van der Waals surface area contributed by atoms with Crippen LogP contribution < -0.4 is 10.5 Å². The molecule has 0 aliphatic heterocycles. The molecule has 76 valence electrons. The Labute approximate surface area is 85.7 Å². The van der Waals surface area contributed by atoms with Gasteiger partial charge in [0.15, 0.2) is 11.6 Å². The normalized spacial score (nSPS) is 12.2. The van der Waals surface area contributed by atoms with E-state index in [1.165, 1.54) is 12.1 Å². The fourth-order valence-corrected chi connectivity index (χ4v) is 0.872. The average molecular weight is 217 g/mol. The smallest absolute Gasteiger partial charge is 0.200 e. The summed E-state index contributed by atoms with van der Waals surface area (Å²) in [4.78, 5) is 0.0914. The fourth-order valence-electron chi connectivity index (χ4n) is 0.824. The molecule has 0 aliphatic rings. The SMILES string of the molecule is CC(Oc1cccc(F)c1F)C(N)=S. The molecule has 2 nitrogen and oxygen atoms in total. The van der Waals surface area contributed by atoms with E-state index in [2.05, 4.69) is 12.2 Å². The Morgan fingerprint density at radius 2 is 2.14 bits per heavy atom. The van der Waals surface area contributed by atoms with E-state index < -0.39 is 17.7 Å². The number of halogens is 2. The van der Waals surface area contributed by atoms with Gasteiger partial charge in [-0.1, -0.05) is 18.3 Å². The van der Waals surface area contributed by atoms with E-state index >= 15 is 0 Å². The summed E-state index contributed by atoms with van der Waals surface area (Å²) >= 11 is 4.63. The standard InChI is InChI=1S/C9H9F2NOS/c1-5(9(12)14)13-7-4-2-3-6(10)8(7)11/h2-5H,1H3,(H2,12,14). The van der Waals surface area contributed by atoms with Gasteiger partial charge < -0.3 is 10.5 Å². The molecular formula is C9H9F2NOS. The monoisotopic (exact) mass is 217 g/mol. The van der Waals surface area contributed by atoms with Crippen molar-refractivity contribution in [3.05, 3.63) is 29.8 Å². The Morgan fingerprint density at radius 3 is 2.71 bits per heavy atom. The molecule has 1 unspecified atom stereocenters. The lowest BCUT2D eigenvalue weighted by molar-refractivity contribution is 0.269. The van der Waals surface area contributed by atoms with Gasteiger partial charge in [-0.3, -0.25) is 0 Å². The molecule has 2 N–H and O–H groups in total. The highest BCUT2D eigenvalue weighted by Gasteiger charge is 2.13. The van der Waals surface area contributed by atoms with E-state index in [1.807, 2.05) is 0 Å². The molecule has 0 spiro atoms. The number of hydrogen-bond donors (Lipinski definition) is 1. The van der Waals surface area contributed by atoms with Crippen LogP contribution in [0.15, 0.2) is 18.2 Å². The second-order valence-electron chi connectivity index (χ2n) is 2.71. The van der Waals surface area contributed by atoms with Gasteiger partial charge in [-0.2, -0.15) is 4.39 Å². The van der Waals surface area contributed by atoms with Crippen molar-refractivity contribution in [1.82, 2.24) is 0 Å². The number of thiocarbonyl (C=S) groups is 1. The van der Waals surface area contributed by atoms with E-state index in [0.29, 0.717) is 0 Å². The summed E-state index contributed by atoms with van der Waals surface area (Å²) in [5.41, 5.74) is 5.26. The fraction of sp³-hybridized carbons (Fsp3) is 0.222. The zero-order chi connectivity index (χ0) is 10.7. The Hall–Kier alpha value is -1.23. The van der Waals surface area contributed by atoms with Gasteiger partial charge in [0.1, 0.15) is 11.1 Å². The highest BCUT2D eigenvalue weighted by molar-refractivity contribution is 7.80. The van der Waals surface area contributed by atoms with E-state index in [4.69, 9.17) is 10.5 Å². The highest BCUT2D eigenvalue weighted by atomic mass is 32.1. The third-order valence-electron chi connectivity index (χ3n) is 1.62. The summed E-state index contributed by atoms with van der Waals surface area (Å²) in [6.45, 7) is 1.56. The number of rotatable bonds is 3. The molecule has 1 rings (SSSR count). The minimum Gasteiger partial charge on any atom is -0.480 e. The molecular weight excluding hydrogens is 208 g/mol. The summed E-state index contributed by atoms with van der Waals surface area (Å²) in [6, 6.07) is 3.67. The van der Waals surface area contributed by atoms with Crippen LogP contribution in [0.1, 0.15) is 6.92 Å². The maximum Gasteiger partial charge on any atom is 0.200 e. The zero-order valence-corrected chi connectivity index (χ0v) is 8.28. The second-order valence-corrected chi connectivity index (χ2v) is 3.19. The average Bonchev–Trinajstić information content (AvgIpc) is 2.12. The minimum atomic E-state index is -1.03. The Kier molecular flexibility index (Phi) is 3.35. The summed E-state index contributed by atoms with van der Waals surface area (Å²) in [6.07, 6.45) is -0.624. The lowest BCUT2D eigenvalue weighted by atomic mass is 10.3. The van der Waals surface area contributed by atoms with Crippen molar-refractivity contribution >= 4 is 17.2 Å². The predicted octanol–water partition coefficient (Wildman–Crippen LogP) is 2.02. The van der Waals surface area contributed by atoms with E-state index in [1.54, 1.807) is 6.92 Å². The highest BCUT2D eigenvalue weighted by Crippen LogP contribution is 2.20. The van der Waals surface area contributed by atoms with E-state index in [9.17, 15) is 8.78 Å². The molecule has 1 aromatic carbocycles. The van der Waals surface area contributed by atoms with Crippen LogP contribution in [-0.4, -0.2) is 11.1 Å². The van der Waals surface area contributed by atoms with E-state index in [-0.39, 0.29) is 10.7 Å². The van der Waals surface area contributed by atoms with Crippen molar-refractivity contribution in [2.45, 2.75) is 13.0 Å². The first-order valence-electron chi connectivity index (χ1n) is 3.92. The molecule has 14 heavy (non-hydrogen) atoms. The van der Waals surface area contributed by atoms with Gasteiger partial charge in [0.05, 0.1) is 0 Å². The minimum absolute atomic E-state index is 0.0914. The first kappa shape index (κ1) is 10.8. The van der Waals surface area contributed by atoms with Gasteiger partial charge in [-0.15, -0.1) is 0 Å². The molecule has 0 amide bonds. The molecule has 5 heteroatoms. The quantitative estimate of drug-likeness (QED) is 0.787. The topological polar surface area (TPSA) is 35.2 Å². The number of benzene rings is 1. The van der Waals surface area contributed by atoms with Crippen LogP contribution in [-0.2, 0) is 0 Å². The summed E-state index contributed by atoms with van der Waals surface area (Å²) in [7, 11) is 0. The van der Waals surface area contributed by atoms with Crippen LogP contribution >= 0.6 is 12.2 Å². The zero-order valence-electron chi connectivity index (χ0n) is 7.46.